The van der Waals surface area contributed by atoms with Crippen molar-refractivity contribution in [2.24, 2.45) is 0 Å². The number of nitrogens with zero attached hydrogens (tertiary/aromatic N) is 1. The number of nitrogens with one attached hydrogen (secondary N) is 1. The van der Waals surface area contributed by atoms with Gasteiger partial charge in [0.2, 0.25) is 0 Å². The van der Waals surface area contributed by atoms with E-state index < -0.39 is 5.91 Å². The summed E-state index contributed by atoms with van der Waals surface area (Å²) in [4.78, 5) is 12.3. The molecule has 0 aromatic heterocycles. The van der Waals surface area contributed by atoms with Crippen LogP contribution in [0.3, 0.4) is 0 Å². The zero-order chi connectivity index (χ0) is 20.6. The molecule has 0 saturated carbocycles. The van der Waals surface area contributed by atoms with E-state index in [4.69, 9.17) is 16.3 Å². The molecule has 0 heterocycles. The van der Waals surface area contributed by atoms with Gasteiger partial charge in [-0.3, -0.25) is 4.79 Å². The monoisotopic (exact) mass is 466 g/mol. The van der Waals surface area contributed by atoms with Crippen molar-refractivity contribution in [2.45, 2.75) is 6.61 Å². The molecule has 144 valence electrons. The summed E-state index contributed by atoms with van der Waals surface area (Å²) >= 11 is 9.24. The van der Waals surface area contributed by atoms with Crippen LogP contribution in [0.2, 0.25) is 5.02 Å². The van der Waals surface area contributed by atoms with Gasteiger partial charge in [-0.15, -0.1) is 0 Å². The predicted molar refractivity (Wildman–Crippen MR) is 119 cm³/mol. The van der Waals surface area contributed by atoms with Crippen LogP contribution < -0.4 is 10.1 Å². The van der Waals surface area contributed by atoms with Crippen LogP contribution in [-0.2, 0) is 11.4 Å². The van der Waals surface area contributed by atoms with E-state index in [9.17, 15) is 10.1 Å². The van der Waals surface area contributed by atoms with Crippen LogP contribution in [0.1, 0.15) is 11.1 Å². The molecule has 3 aromatic carbocycles. The second-order valence-corrected chi connectivity index (χ2v) is 7.47. The first kappa shape index (κ1) is 20.7. The Balaban J connectivity index is 1.63. The van der Waals surface area contributed by atoms with Gasteiger partial charge in [-0.1, -0.05) is 51.8 Å². The number of carbonyl (C=O) groups excluding carboxylic acids is 1. The third-order valence-electron chi connectivity index (χ3n) is 3.98. The molecule has 0 unspecified atom stereocenters. The number of hydrogen-bond acceptors (Lipinski definition) is 3. The largest absolute Gasteiger partial charge is 0.489 e. The third kappa shape index (κ3) is 6.21. The number of carbonyl (C=O) groups is 1. The minimum Gasteiger partial charge on any atom is -0.489 e. The van der Waals surface area contributed by atoms with Gasteiger partial charge in [-0.25, -0.2) is 0 Å². The number of halogens is 2. The molecule has 29 heavy (non-hydrogen) atoms. The maximum atomic E-state index is 12.3. The van der Waals surface area contributed by atoms with Crippen molar-refractivity contribution in [2.75, 3.05) is 5.32 Å². The first-order chi connectivity index (χ1) is 14.0. The highest BCUT2D eigenvalue weighted by Gasteiger charge is 2.09. The SMILES string of the molecule is N#C/C(=C/c1ccc(OCc2ccc(Br)cc2)cc1)C(=O)Nc1ccc(Cl)cc1. The van der Waals surface area contributed by atoms with Gasteiger partial charge in [0.05, 0.1) is 0 Å². The first-order valence-corrected chi connectivity index (χ1v) is 9.86. The lowest BCUT2D eigenvalue weighted by Crippen LogP contribution is -2.13. The fourth-order valence-corrected chi connectivity index (χ4v) is 2.84. The molecule has 0 saturated heterocycles. The molecule has 0 fully saturated rings. The molecule has 0 radical (unpaired) electrons. The van der Waals surface area contributed by atoms with E-state index in [0.717, 1.165) is 15.6 Å². The highest BCUT2D eigenvalue weighted by molar-refractivity contribution is 9.10. The first-order valence-electron chi connectivity index (χ1n) is 8.69. The Hall–Kier alpha value is -3.07. The number of hydrogen-bond donors (Lipinski definition) is 1. The van der Waals surface area contributed by atoms with Gasteiger partial charge in [-0.2, -0.15) is 5.26 Å². The van der Waals surface area contributed by atoms with Gasteiger partial charge >= 0.3 is 0 Å². The lowest BCUT2D eigenvalue weighted by Gasteiger charge is -2.07. The average molecular weight is 468 g/mol. The summed E-state index contributed by atoms with van der Waals surface area (Å²) in [7, 11) is 0. The van der Waals surface area contributed by atoms with E-state index in [1.807, 2.05) is 30.3 Å². The summed E-state index contributed by atoms with van der Waals surface area (Å²) in [6.45, 7) is 0.454. The Kier molecular flexibility index (Phi) is 7.07. The Morgan fingerprint density at radius 3 is 2.31 bits per heavy atom. The summed E-state index contributed by atoms with van der Waals surface area (Å²) in [5.41, 5.74) is 2.35. The summed E-state index contributed by atoms with van der Waals surface area (Å²) in [5.74, 6) is 0.222. The number of ether oxygens (including phenoxy) is 1. The number of anilines is 1. The predicted octanol–water partition coefficient (Wildman–Crippen LogP) is 6.23. The molecule has 0 aliphatic heterocycles. The standard InChI is InChI=1S/C23H16BrClN2O2/c24-19-5-1-17(2-6-19)15-29-22-11-3-16(4-12-22)13-18(14-26)23(28)27-21-9-7-20(25)8-10-21/h1-13H,15H2,(H,27,28)/b18-13-. The van der Waals surface area contributed by atoms with Crippen LogP contribution in [0.5, 0.6) is 5.75 Å². The van der Waals surface area contributed by atoms with Crippen molar-refractivity contribution >= 4 is 45.2 Å². The molecular weight excluding hydrogens is 452 g/mol. The fourth-order valence-electron chi connectivity index (χ4n) is 2.45. The molecular formula is C23H16BrClN2O2. The smallest absolute Gasteiger partial charge is 0.266 e. The van der Waals surface area contributed by atoms with E-state index in [0.29, 0.717) is 23.1 Å². The number of nitriles is 1. The third-order valence-corrected chi connectivity index (χ3v) is 4.76. The van der Waals surface area contributed by atoms with Crippen LogP contribution in [0.4, 0.5) is 5.69 Å². The van der Waals surface area contributed by atoms with E-state index in [-0.39, 0.29) is 5.57 Å². The molecule has 0 aliphatic carbocycles. The summed E-state index contributed by atoms with van der Waals surface area (Å²) in [6, 6.07) is 23.7. The normalized spacial score (nSPS) is 10.9. The highest BCUT2D eigenvalue weighted by Crippen LogP contribution is 2.18. The van der Waals surface area contributed by atoms with Crippen LogP contribution in [-0.4, -0.2) is 5.91 Å². The summed E-state index contributed by atoms with van der Waals surface area (Å²) < 4.78 is 6.78. The second kappa shape index (κ2) is 9.92. The fraction of sp³-hybridized carbons (Fsp3) is 0.0435. The van der Waals surface area contributed by atoms with Gasteiger partial charge in [-0.05, 0) is 65.7 Å². The number of rotatable bonds is 6. The molecule has 0 aliphatic rings. The minimum atomic E-state index is -0.481. The second-order valence-electron chi connectivity index (χ2n) is 6.12. The van der Waals surface area contributed by atoms with Crippen molar-refractivity contribution < 1.29 is 9.53 Å². The van der Waals surface area contributed by atoms with Gasteiger partial charge in [0, 0.05) is 15.2 Å². The van der Waals surface area contributed by atoms with Gasteiger partial charge in [0.1, 0.15) is 24.0 Å². The van der Waals surface area contributed by atoms with Crippen molar-refractivity contribution in [1.82, 2.24) is 0 Å². The minimum absolute atomic E-state index is 0.00322. The molecule has 0 atom stereocenters. The van der Waals surface area contributed by atoms with E-state index in [1.165, 1.54) is 6.08 Å². The topological polar surface area (TPSA) is 62.1 Å². The highest BCUT2D eigenvalue weighted by atomic mass is 79.9. The maximum Gasteiger partial charge on any atom is 0.266 e. The van der Waals surface area contributed by atoms with E-state index in [1.54, 1.807) is 48.5 Å². The Morgan fingerprint density at radius 2 is 1.69 bits per heavy atom. The van der Waals surface area contributed by atoms with E-state index >= 15 is 0 Å². The van der Waals surface area contributed by atoms with Gasteiger partial charge in [0.15, 0.2) is 0 Å². The number of amides is 1. The summed E-state index contributed by atoms with van der Waals surface area (Å²) in [5, 5.41) is 12.6. The molecule has 1 amide bonds. The van der Waals surface area contributed by atoms with Crippen molar-refractivity contribution in [3.8, 4) is 11.8 Å². The molecule has 0 spiro atoms. The Bertz CT molecular complexity index is 1050. The molecule has 0 bridgehead atoms. The molecule has 3 rings (SSSR count). The van der Waals surface area contributed by atoms with E-state index in [2.05, 4.69) is 21.2 Å². The van der Waals surface area contributed by atoms with Crippen LogP contribution in [0, 0.1) is 11.3 Å². The Labute approximate surface area is 182 Å². The Morgan fingerprint density at radius 1 is 1.03 bits per heavy atom. The summed E-state index contributed by atoms with van der Waals surface area (Å²) in [6.07, 6.45) is 1.53. The van der Waals surface area contributed by atoms with Gasteiger partial charge in [0.25, 0.3) is 5.91 Å². The van der Waals surface area contributed by atoms with Crippen LogP contribution >= 0.6 is 27.5 Å². The zero-order valence-electron chi connectivity index (χ0n) is 15.2. The quantitative estimate of drug-likeness (QED) is 0.345. The molecule has 3 aromatic rings. The van der Waals surface area contributed by atoms with Crippen LogP contribution in [0.15, 0.2) is 82.8 Å². The van der Waals surface area contributed by atoms with Crippen molar-refractivity contribution in [1.29, 1.82) is 5.26 Å². The average Bonchev–Trinajstić information content (AvgIpc) is 2.74. The molecule has 6 heteroatoms. The van der Waals surface area contributed by atoms with Crippen molar-refractivity contribution in [3.05, 3.63) is 99.0 Å². The molecule has 4 nitrogen and oxygen atoms in total. The molecule has 1 N–H and O–H groups in total. The zero-order valence-corrected chi connectivity index (χ0v) is 17.6. The lowest BCUT2D eigenvalue weighted by molar-refractivity contribution is -0.112. The maximum absolute atomic E-state index is 12.3. The lowest BCUT2D eigenvalue weighted by atomic mass is 10.1. The number of benzene rings is 3. The van der Waals surface area contributed by atoms with Gasteiger partial charge < -0.3 is 10.1 Å². The van der Waals surface area contributed by atoms with Crippen molar-refractivity contribution in [3.63, 3.8) is 0 Å². The van der Waals surface area contributed by atoms with Crippen LogP contribution in [0.25, 0.3) is 6.08 Å².